The Bertz CT molecular complexity index is 942. The minimum Gasteiger partial charge on any atom is -0.448 e. The first kappa shape index (κ1) is 16.1. The normalized spacial score (nSPS) is 22.6. The smallest absolute Gasteiger partial charge is 0.410 e. The maximum atomic E-state index is 12.8. The molecule has 1 aliphatic carbocycles. The average molecular weight is 356 g/mol. The number of ether oxygens (including phenoxy) is 1. The van der Waals surface area contributed by atoms with Gasteiger partial charge in [0, 0.05) is 24.0 Å². The number of benzene rings is 2. The Kier molecular flexibility index (Phi) is 3.75. The Hall–Kier alpha value is -3.06. The summed E-state index contributed by atoms with van der Waals surface area (Å²) in [5, 5.41) is 9.16. The maximum absolute atomic E-state index is 12.8. The SMILES string of the molecule is N#CC1=CC2CCC(C1)N2C(=O)OCC1c2ccccc2-c2ccccc21. The van der Waals surface area contributed by atoms with Gasteiger partial charge in [0.15, 0.2) is 0 Å². The van der Waals surface area contributed by atoms with Crippen LogP contribution >= 0.6 is 0 Å². The van der Waals surface area contributed by atoms with Gasteiger partial charge in [-0.1, -0.05) is 48.5 Å². The van der Waals surface area contributed by atoms with Gasteiger partial charge in [0.2, 0.25) is 0 Å². The fraction of sp³-hybridized carbons (Fsp3) is 0.304. The van der Waals surface area contributed by atoms with E-state index in [1.54, 1.807) is 0 Å². The lowest BCUT2D eigenvalue weighted by atomic mass is 9.98. The number of fused-ring (bicyclic) bond motifs is 5. The Morgan fingerprint density at radius 1 is 1.07 bits per heavy atom. The first-order chi connectivity index (χ1) is 13.3. The van der Waals surface area contributed by atoms with Gasteiger partial charge < -0.3 is 4.74 Å². The zero-order valence-corrected chi connectivity index (χ0v) is 15.0. The van der Waals surface area contributed by atoms with E-state index in [9.17, 15) is 4.79 Å². The van der Waals surface area contributed by atoms with E-state index in [0.29, 0.717) is 13.0 Å². The van der Waals surface area contributed by atoms with Gasteiger partial charge in [0.1, 0.15) is 6.61 Å². The third-order valence-corrected chi connectivity index (χ3v) is 6.09. The molecule has 5 rings (SSSR count). The molecule has 4 nitrogen and oxygen atoms in total. The number of hydrogen-bond donors (Lipinski definition) is 0. The molecule has 2 bridgehead atoms. The van der Waals surface area contributed by atoms with Crippen molar-refractivity contribution in [3.05, 3.63) is 71.3 Å². The van der Waals surface area contributed by atoms with Gasteiger partial charge >= 0.3 is 6.09 Å². The van der Waals surface area contributed by atoms with E-state index in [1.807, 2.05) is 23.1 Å². The molecule has 2 aromatic carbocycles. The Balaban J connectivity index is 1.36. The summed E-state index contributed by atoms with van der Waals surface area (Å²) >= 11 is 0. The summed E-state index contributed by atoms with van der Waals surface area (Å²) in [6.07, 6.45) is 4.19. The molecular weight excluding hydrogens is 336 g/mol. The summed E-state index contributed by atoms with van der Waals surface area (Å²) in [7, 11) is 0. The van der Waals surface area contributed by atoms with Crippen LogP contribution in [0.5, 0.6) is 0 Å². The fourth-order valence-corrected chi connectivity index (χ4v) is 4.87. The van der Waals surface area contributed by atoms with Crippen molar-refractivity contribution in [1.82, 2.24) is 4.90 Å². The molecule has 1 saturated heterocycles. The molecule has 1 fully saturated rings. The van der Waals surface area contributed by atoms with Crippen molar-refractivity contribution in [2.24, 2.45) is 0 Å². The van der Waals surface area contributed by atoms with Crippen molar-refractivity contribution in [2.45, 2.75) is 37.3 Å². The molecule has 0 spiro atoms. The average Bonchev–Trinajstić information content (AvgIpc) is 3.17. The van der Waals surface area contributed by atoms with Crippen LogP contribution in [0.1, 0.15) is 36.3 Å². The molecule has 0 saturated carbocycles. The lowest BCUT2D eigenvalue weighted by molar-refractivity contribution is 0.0854. The molecule has 134 valence electrons. The predicted octanol–water partition coefficient (Wildman–Crippen LogP) is 4.62. The van der Waals surface area contributed by atoms with E-state index in [-0.39, 0.29) is 24.1 Å². The van der Waals surface area contributed by atoms with Crippen molar-refractivity contribution < 1.29 is 9.53 Å². The molecule has 0 radical (unpaired) electrons. The summed E-state index contributed by atoms with van der Waals surface area (Å²) < 4.78 is 5.80. The molecule has 2 aromatic rings. The first-order valence-corrected chi connectivity index (χ1v) is 9.50. The number of carbonyl (C=O) groups excluding carboxylic acids is 1. The molecule has 1 amide bonds. The lowest BCUT2D eigenvalue weighted by Gasteiger charge is -2.32. The van der Waals surface area contributed by atoms with Crippen LogP contribution in [0, 0.1) is 11.3 Å². The molecule has 3 aliphatic rings. The largest absolute Gasteiger partial charge is 0.448 e. The van der Waals surface area contributed by atoms with Crippen molar-refractivity contribution in [3.8, 4) is 17.2 Å². The van der Waals surface area contributed by atoms with E-state index < -0.39 is 0 Å². The number of amides is 1. The Morgan fingerprint density at radius 2 is 1.74 bits per heavy atom. The molecule has 2 heterocycles. The van der Waals surface area contributed by atoms with Gasteiger partial charge in [0.25, 0.3) is 0 Å². The summed E-state index contributed by atoms with van der Waals surface area (Å²) in [5.41, 5.74) is 5.70. The summed E-state index contributed by atoms with van der Waals surface area (Å²) in [4.78, 5) is 14.7. The third-order valence-electron chi connectivity index (χ3n) is 6.09. The van der Waals surface area contributed by atoms with Crippen LogP contribution < -0.4 is 0 Å². The molecule has 2 aliphatic heterocycles. The number of hydrogen-bond acceptors (Lipinski definition) is 3. The second-order valence-electron chi connectivity index (χ2n) is 7.52. The zero-order valence-electron chi connectivity index (χ0n) is 15.0. The predicted molar refractivity (Wildman–Crippen MR) is 102 cm³/mol. The number of carbonyl (C=O) groups is 1. The second-order valence-corrected chi connectivity index (χ2v) is 7.52. The van der Waals surface area contributed by atoms with E-state index in [1.165, 1.54) is 22.3 Å². The first-order valence-electron chi connectivity index (χ1n) is 9.50. The highest BCUT2D eigenvalue weighted by Crippen LogP contribution is 2.44. The van der Waals surface area contributed by atoms with Crippen molar-refractivity contribution >= 4 is 6.09 Å². The van der Waals surface area contributed by atoms with E-state index in [2.05, 4.69) is 42.5 Å². The maximum Gasteiger partial charge on any atom is 0.410 e. The fourth-order valence-electron chi connectivity index (χ4n) is 4.87. The molecule has 0 aromatic heterocycles. The number of nitrogens with zero attached hydrogens (tertiary/aromatic N) is 2. The Labute approximate surface area is 158 Å². The lowest BCUT2D eigenvalue weighted by Crippen LogP contribution is -2.43. The third kappa shape index (κ3) is 2.54. The highest BCUT2D eigenvalue weighted by Gasteiger charge is 2.41. The molecule has 0 N–H and O–H groups in total. The van der Waals surface area contributed by atoms with Crippen LogP contribution in [0.25, 0.3) is 11.1 Å². The Morgan fingerprint density at radius 3 is 2.37 bits per heavy atom. The molecular formula is C23H20N2O2. The molecule has 27 heavy (non-hydrogen) atoms. The summed E-state index contributed by atoms with van der Waals surface area (Å²) in [5.74, 6) is 0.0778. The van der Waals surface area contributed by atoms with Gasteiger partial charge in [-0.25, -0.2) is 4.79 Å². The standard InChI is InChI=1S/C23H20N2O2/c24-13-15-11-16-9-10-17(12-15)25(16)23(26)27-14-22-20-7-3-1-5-18(20)19-6-2-4-8-21(19)22/h1-8,11,16-17,22H,9-10,12,14H2. The molecule has 4 heteroatoms. The van der Waals surface area contributed by atoms with Gasteiger partial charge in [-0.3, -0.25) is 4.90 Å². The van der Waals surface area contributed by atoms with Gasteiger partial charge in [-0.05, 0) is 41.2 Å². The van der Waals surface area contributed by atoms with E-state index >= 15 is 0 Å². The van der Waals surface area contributed by atoms with Crippen LogP contribution in [0.3, 0.4) is 0 Å². The molecule has 2 atom stereocenters. The zero-order chi connectivity index (χ0) is 18.4. The minimum atomic E-state index is -0.252. The van der Waals surface area contributed by atoms with E-state index in [0.717, 1.165) is 18.4 Å². The second kappa shape index (κ2) is 6.28. The summed E-state index contributed by atoms with van der Waals surface area (Å²) in [6, 6.07) is 19.1. The molecule has 2 unspecified atom stereocenters. The van der Waals surface area contributed by atoms with Crippen molar-refractivity contribution in [1.29, 1.82) is 5.26 Å². The minimum absolute atomic E-state index is 0.00838. The van der Waals surface area contributed by atoms with Crippen molar-refractivity contribution in [2.75, 3.05) is 6.61 Å². The quantitative estimate of drug-likeness (QED) is 0.789. The highest BCUT2D eigenvalue weighted by molar-refractivity contribution is 5.79. The topological polar surface area (TPSA) is 53.3 Å². The van der Waals surface area contributed by atoms with Crippen LogP contribution in [0.15, 0.2) is 60.2 Å². The highest BCUT2D eigenvalue weighted by atomic mass is 16.6. The van der Waals surface area contributed by atoms with Crippen LogP contribution in [0.4, 0.5) is 4.79 Å². The van der Waals surface area contributed by atoms with Crippen molar-refractivity contribution in [3.63, 3.8) is 0 Å². The van der Waals surface area contributed by atoms with Gasteiger partial charge in [-0.15, -0.1) is 0 Å². The monoisotopic (exact) mass is 356 g/mol. The van der Waals surface area contributed by atoms with Crippen LogP contribution in [-0.4, -0.2) is 29.7 Å². The number of nitriles is 1. The van der Waals surface area contributed by atoms with Gasteiger partial charge in [-0.2, -0.15) is 5.26 Å². The van der Waals surface area contributed by atoms with Gasteiger partial charge in [0.05, 0.1) is 12.1 Å². The van der Waals surface area contributed by atoms with Crippen LogP contribution in [0.2, 0.25) is 0 Å². The number of rotatable bonds is 2. The van der Waals surface area contributed by atoms with Crippen LogP contribution in [-0.2, 0) is 4.74 Å². The summed E-state index contributed by atoms with van der Waals surface area (Å²) in [6.45, 7) is 0.345. The van der Waals surface area contributed by atoms with E-state index in [4.69, 9.17) is 10.00 Å².